The molecule has 0 aromatic heterocycles. The average Bonchev–Trinajstić information content (AvgIpc) is 2.88. The van der Waals surface area contributed by atoms with Crippen molar-refractivity contribution in [2.24, 2.45) is 0 Å². The van der Waals surface area contributed by atoms with Gasteiger partial charge in [0.2, 0.25) is 0 Å². The molecule has 0 amide bonds. The molecule has 4 atom stereocenters. The van der Waals surface area contributed by atoms with Gasteiger partial charge in [-0.3, -0.25) is 10.6 Å². The highest BCUT2D eigenvalue weighted by molar-refractivity contribution is 5.27. The van der Waals surface area contributed by atoms with Gasteiger partial charge in [0.05, 0.1) is 6.17 Å². The third kappa shape index (κ3) is 6.34. The predicted octanol–water partition coefficient (Wildman–Crippen LogP) is 5.63. The van der Waals surface area contributed by atoms with E-state index in [0.29, 0.717) is 19.4 Å². The SMILES string of the molecule is CCC[C@](O)(CNC(N[C@@H](C)c1ccccc1)[C@](O)(CCC)c1ccccc1)c1ccccc1. The molecule has 34 heavy (non-hydrogen) atoms. The van der Waals surface area contributed by atoms with Crippen molar-refractivity contribution in [2.75, 3.05) is 6.54 Å². The monoisotopic (exact) mass is 460 g/mol. The van der Waals surface area contributed by atoms with Gasteiger partial charge in [0.25, 0.3) is 0 Å². The second-order valence-electron chi connectivity index (χ2n) is 9.30. The molecule has 4 N–H and O–H groups in total. The van der Waals surface area contributed by atoms with Gasteiger partial charge in [0.15, 0.2) is 0 Å². The van der Waals surface area contributed by atoms with E-state index in [9.17, 15) is 10.2 Å². The number of hydrogen-bond acceptors (Lipinski definition) is 4. The van der Waals surface area contributed by atoms with Crippen LogP contribution in [0.1, 0.15) is 69.2 Å². The van der Waals surface area contributed by atoms with E-state index in [1.54, 1.807) is 0 Å². The van der Waals surface area contributed by atoms with Gasteiger partial charge >= 0.3 is 0 Å². The van der Waals surface area contributed by atoms with E-state index < -0.39 is 17.4 Å². The summed E-state index contributed by atoms with van der Waals surface area (Å²) >= 11 is 0. The number of rotatable bonds is 13. The molecule has 0 bridgehead atoms. The van der Waals surface area contributed by atoms with Crippen molar-refractivity contribution in [2.45, 2.75) is 69.9 Å². The molecule has 0 heterocycles. The highest BCUT2D eigenvalue weighted by atomic mass is 16.3. The standard InChI is InChI=1S/C30H40N2O2/c1-4-21-29(33,26-17-11-7-12-18-26)23-31-28(32-24(3)25-15-9-6-10-16-25)30(34,22-5-2)27-19-13-8-14-20-27/h6-20,24,28,31-34H,4-5,21-23H2,1-3H3/t24-,28?,29-,30-/m0/s1. The summed E-state index contributed by atoms with van der Waals surface area (Å²) in [6, 6.07) is 29.9. The van der Waals surface area contributed by atoms with E-state index in [0.717, 1.165) is 29.5 Å². The van der Waals surface area contributed by atoms with E-state index in [1.807, 2.05) is 78.9 Å². The summed E-state index contributed by atoms with van der Waals surface area (Å²) in [6.45, 7) is 6.60. The maximum atomic E-state index is 12.1. The number of hydrogen-bond donors (Lipinski definition) is 4. The Labute approximate surface area is 205 Å². The number of aliphatic hydroxyl groups is 2. The van der Waals surface area contributed by atoms with Gasteiger partial charge in [0, 0.05) is 12.6 Å². The number of benzene rings is 3. The van der Waals surface area contributed by atoms with Crippen molar-refractivity contribution < 1.29 is 10.2 Å². The van der Waals surface area contributed by atoms with Gasteiger partial charge in [0.1, 0.15) is 11.2 Å². The lowest BCUT2D eigenvalue weighted by Crippen LogP contribution is -2.60. The van der Waals surface area contributed by atoms with E-state index in [4.69, 9.17) is 0 Å². The maximum absolute atomic E-state index is 12.1. The zero-order valence-corrected chi connectivity index (χ0v) is 20.7. The van der Waals surface area contributed by atoms with E-state index >= 15 is 0 Å². The van der Waals surface area contributed by atoms with E-state index in [-0.39, 0.29) is 6.04 Å². The smallest absolute Gasteiger partial charge is 0.118 e. The van der Waals surface area contributed by atoms with Crippen molar-refractivity contribution in [3.8, 4) is 0 Å². The summed E-state index contributed by atoms with van der Waals surface area (Å²) in [5.41, 5.74) is 0.713. The lowest BCUT2D eigenvalue weighted by molar-refractivity contribution is -0.0428. The van der Waals surface area contributed by atoms with Crippen LogP contribution in [0.4, 0.5) is 0 Å². The molecular weight excluding hydrogens is 420 g/mol. The highest BCUT2D eigenvalue weighted by Crippen LogP contribution is 2.32. The molecule has 4 nitrogen and oxygen atoms in total. The minimum Gasteiger partial charge on any atom is -0.384 e. The largest absolute Gasteiger partial charge is 0.384 e. The highest BCUT2D eigenvalue weighted by Gasteiger charge is 2.40. The van der Waals surface area contributed by atoms with Crippen LogP contribution in [0.15, 0.2) is 91.0 Å². The molecule has 3 aromatic carbocycles. The Morgan fingerprint density at radius 1 is 0.706 bits per heavy atom. The molecule has 3 rings (SSSR count). The summed E-state index contributed by atoms with van der Waals surface area (Å²) in [6.07, 6.45) is 2.41. The zero-order chi connectivity index (χ0) is 24.4. The molecule has 0 aliphatic carbocycles. The van der Waals surface area contributed by atoms with Crippen LogP contribution >= 0.6 is 0 Å². The molecule has 1 unspecified atom stereocenters. The van der Waals surface area contributed by atoms with Gasteiger partial charge in [-0.25, -0.2) is 0 Å². The number of nitrogens with one attached hydrogen (secondary N) is 2. The molecule has 0 spiro atoms. The van der Waals surface area contributed by atoms with Crippen molar-refractivity contribution in [1.29, 1.82) is 0 Å². The topological polar surface area (TPSA) is 64.5 Å². The summed E-state index contributed by atoms with van der Waals surface area (Å²) in [7, 11) is 0. The molecular formula is C30H40N2O2. The van der Waals surface area contributed by atoms with Crippen LogP contribution in [0.3, 0.4) is 0 Å². The Morgan fingerprint density at radius 3 is 1.74 bits per heavy atom. The predicted molar refractivity (Wildman–Crippen MR) is 140 cm³/mol. The fraction of sp³-hybridized carbons (Fsp3) is 0.400. The molecule has 0 radical (unpaired) electrons. The Balaban J connectivity index is 1.95. The second-order valence-corrected chi connectivity index (χ2v) is 9.30. The lowest BCUT2D eigenvalue weighted by atomic mass is 9.84. The van der Waals surface area contributed by atoms with Crippen molar-refractivity contribution in [3.63, 3.8) is 0 Å². The molecule has 0 saturated heterocycles. The maximum Gasteiger partial charge on any atom is 0.118 e. The average molecular weight is 461 g/mol. The van der Waals surface area contributed by atoms with Crippen LogP contribution in [-0.2, 0) is 11.2 Å². The van der Waals surface area contributed by atoms with Crippen LogP contribution in [0.25, 0.3) is 0 Å². The summed E-state index contributed by atoms with van der Waals surface area (Å²) in [5.74, 6) is 0. The first-order valence-corrected chi connectivity index (χ1v) is 12.5. The van der Waals surface area contributed by atoms with Crippen LogP contribution in [0.5, 0.6) is 0 Å². The first-order valence-electron chi connectivity index (χ1n) is 12.5. The quantitative estimate of drug-likeness (QED) is 0.250. The van der Waals surface area contributed by atoms with Gasteiger partial charge in [-0.1, -0.05) is 118 Å². The van der Waals surface area contributed by atoms with E-state index in [2.05, 4.69) is 43.5 Å². The molecule has 0 saturated carbocycles. The minimum absolute atomic E-state index is 0.00165. The Morgan fingerprint density at radius 2 is 1.21 bits per heavy atom. The van der Waals surface area contributed by atoms with Crippen LogP contribution in [0.2, 0.25) is 0 Å². The molecule has 0 aliphatic heterocycles. The Bertz CT molecular complexity index is 967. The third-order valence-electron chi connectivity index (χ3n) is 6.67. The Hall–Kier alpha value is -2.50. The Kier molecular flexibility index (Phi) is 9.43. The molecule has 0 fully saturated rings. The van der Waals surface area contributed by atoms with Gasteiger partial charge < -0.3 is 10.2 Å². The molecule has 4 heteroatoms. The van der Waals surface area contributed by atoms with Crippen molar-refractivity contribution in [1.82, 2.24) is 10.6 Å². The fourth-order valence-corrected chi connectivity index (χ4v) is 4.78. The van der Waals surface area contributed by atoms with E-state index in [1.165, 1.54) is 0 Å². The van der Waals surface area contributed by atoms with Crippen LogP contribution in [0, 0.1) is 0 Å². The lowest BCUT2D eigenvalue weighted by Gasteiger charge is -2.41. The summed E-state index contributed by atoms with van der Waals surface area (Å²) < 4.78 is 0. The van der Waals surface area contributed by atoms with Gasteiger partial charge in [-0.2, -0.15) is 0 Å². The van der Waals surface area contributed by atoms with Crippen molar-refractivity contribution >= 4 is 0 Å². The second kappa shape index (κ2) is 12.3. The zero-order valence-electron chi connectivity index (χ0n) is 20.7. The van der Waals surface area contributed by atoms with Crippen LogP contribution in [-0.4, -0.2) is 22.9 Å². The molecule has 182 valence electrons. The fourth-order valence-electron chi connectivity index (χ4n) is 4.78. The first kappa shape index (κ1) is 26.1. The minimum atomic E-state index is -1.15. The first-order chi connectivity index (χ1) is 16.4. The summed E-state index contributed by atoms with van der Waals surface area (Å²) in [5, 5.41) is 31.0. The third-order valence-corrected chi connectivity index (χ3v) is 6.67. The van der Waals surface area contributed by atoms with Crippen LogP contribution < -0.4 is 10.6 Å². The molecule has 3 aromatic rings. The molecule has 0 aliphatic rings. The summed E-state index contributed by atoms with van der Waals surface area (Å²) in [4.78, 5) is 0. The van der Waals surface area contributed by atoms with Gasteiger partial charge in [-0.15, -0.1) is 0 Å². The normalized spacial score (nSPS) is 16.9. The van der Waals surface area contributed by atoms with Crippen molar-refractivity contribution in [3.05, 3.63) is 108 Å². The van der Waals surface area contributed by atoms with Gasteiger partial charge in [-0.05, 0) is 36.5 Å².